The molecule has 0 aliphatic carbocycles. The zero-order valence-electron chi connectivity index (χ0n) is 23.2. The third-order valence-corrected chi connectivity index (χ3v) is 9.34. The Bertz CT molecular complexity index is 1320. The first-order valence-electron chi connectivity index (χ1n) is 13.2. The van der Waals surface area contributed by atoms with Crippen molar-refractivity contribution >= 4 is 15.8 Å². The van der Waals surface area contributed by atoms with Crippen LogP contribution in [0.5, 0.6) is 0 Å². The Kier molecular flexibility index (Phi) is 8.75. The third kappa shape index (κ3) is 5.63. The molecule has 199 valence electrons. The summed E-state index contributed by atoms with van der Waals surface area (Å²) in [6.07, 6.45) is 6.35. The molecule has 0 atom stereocenters. The molecule has 0 saturated heterocycles. The predicted octanol–water partition coefficient (Wildman–Crippen LogP) is 8.75. The van der Waals surface area contributed by atoms with Crippen LogP contribution in [0.2, 0.25) is 5.02 Å². The van der Waals surface area contributed by atoms with Gasteiger partial charge in [0.05, 0.1) is 0 Å². The van der Waals surface area contributed by atoms with E-state index < -0.39 is 0 Å². The van der Waals surface area contributed by atoms with E-state index >= 15 is 0 Å². The molecule has 0 radical (unpaired) electrons. The van der Waals surface area contributed by atoms with Crippen molar-refractivity contribution < 1.29 is 17.5 Å². The average molecular weight is 608 g/mol. The number of benzene rings is 2. The van der Waals surface area contributed by atoms with Crippen molar-refractivity contribution in [3.05, 3.63) is 98.3 Å². The van der Waals surface area contributed by atoms with Crippen molar-refractivity contribution in [3.8, 4) is 11.4 Å². The van der Waals surface area contributed by atoms with Crippen molar-refractivity contribution in [2.24, 2.45) is 0 Å². The molecule has 5 heteroatoms. The molecule has 0 aliphatic heterocycles. The van der Waals surface area contributed by atoms with Gasteiger partial charge in [-0.05, 0) is 0 Å². The minimum absolute atomic E-state index is 0.0239. The summed E-state index contributed by atoms with van der Waals surface area (Å²) < 4.78 is 6.99. The monoisotopic (exact) mass is 606 g/mol. The first-order valence-corrected chi connectivity index (χ1v) is 15.1. The molecule has 0 saturated carbocycles. The molecule has 0 spiro atoms. The van der Waals surface area contributed by atoms with E-state index in [4.69, 9.17) is 16.6 Å². The number of rotatable bonds is 7. The number of aromatic nitrogens is 3. The summed E-state index contributed by atoms with van der Waals surface area (Å²) in [5, 5.41) is 0.721. The molecule has 37 heavy (non-hydrogen) atoms. The summed E-state index contributed by atoms with van der Waals surface area (Å²) in [5.41, 5.74) is 8.02. The van der Waals surface area contributed by atoms with Crippen molar-refractivity contribution in [3.63, 3.8) is 0 Å². The maximum atomic E-state index is 6.70. The Morgan fingerprint density at radius 1 is 0.622 bits per heavy atom. The first kappa shape index (κ1) is 27.8. The van der Waals surface area contributed by atoms with Crippen molar-refractivity contribution in [2.75, 3.05) is 0 Å². The topological polar surface area (TPSA) is 22.8 Å². The fourth-order valence-electron chi connectivity index (χ4n) is 4.82. The van der Waals surface area contributed by atoms with E-state index in [9.17, 15) is 0 Å². The molecular weight excluding hydrogens is 568 g/mol. The van der Waals surface area contributed by atoms with Gasteiger partial charge in [0.2, 0.25) is 0 Å². The van der Waals surface area contributed by atoms with E-state index in [-0.39, 0.29) is 17.5 Å². The van der Waals surface area contributed by atoms with E-state index in [0.717, 1.165) is 9.19 Å². The first-order chi connectivity index (χ1) is 17.6. The number of halogens is 1. The zero-order valence-corrected chi connectivity index (χ0v) is 25.5. The van der Waals surface area contributed by atoms with E-state index in [1.165, 1.54) is 37.5 Å². The molecule has 3 nitrogen and oxygen atoms in total. The Morgan fingerprint density at radius 3 is 1.38 bits per heavy atom. The van der Waals surface area contributed by atoms with Crippen LogP contribution in [0, 0.1) is 3.89 Å². The third-order valence-electron chi connectivity index (χ3n) is 6.74. The molecule has 4 rings (SSSR count). The van der Waals surface area contributed by atoms with E-state index in [1.54, 1.807) is 0 Å². The van der Waals surface area contributed by atoms with Gasteiger partial charge in [0, 0.05) is 0 Å². The molecule has 0 fully saturated rings. The van der Waals surface area contributed by atoms with Crippen LogP contribution in [0.25, 0.3) is 11.4 Å². The van der Waals surface area contributed by atoms with Gasteiger partial charge in [-0.2, -0.15) is 0 Å². The summed E-state index contributed by atoms with van der Waals surface area (Å²) in [4.78, 5) is 4.72. The minimum atomic E-state index is 0.0239. The fourth-order valence-corrected chi connectivity index (χ4v) is 6.93. The number of nitrogens with zero attached hydrogens (tertiary/aromatic N) is 3. The van der Waals surface area contributed by atoms with Crippen LogP contribution in [0.4, 0.5) is 0 Å². The number of hydrogen-bond acceptors (Lipinski definition) is 1. The van der Waals surface area contributed by atoms with Gasteiger partial charge in [0.15, 0.2) is 0 Å². The van der Waals surface area contributed by atoms with Crippen LogP contribution in [-0.2, 0) is 17.5 Å². The van der Waals surface area contributed by atoms with Crippen molar-refractivity contribution in [2.45, 2.75) is 79.1 Å². The summed E-state index contributed by atoms with van der Waals surface area (Å²) in [5.74, 6) is 1.60. The Hall–Kier alpha value is -2.25. The predicted molar refractivity (Wildman–Crippen MR) is 154 cm³/mol. The zero-order chi connectivity index (χ0) is 26.9. The number of imidazole rings is 1. The van der Waals surface area contributed by atoms with E-state index in [1.807, 2.05) is 18.3 Å². The van der Waals surface area contributed by atoms with Gasteiger partial charge in [-0.25, -0.2) is 0 Å². The Morgan fingerprint density at radius 2 is 1.03 bits per heavy atom. The van der Waals surface area contributed by atoms with Crippen molar-refractivity contribution in [1.29, 1.82) is 0 Å². The van der Waals surface area contributed by atoms with Crippen LogP contribution in [0.3, 0.4) is 0 Å². The van der Waals surface area contributed by atoms with Gasteiger partial charge in [-0.15, -0.1) is 0 Å². The van der Waals surface area contributed by atoms with Gasteiger partial charge in [0.1, 0.15) is 0 Å². The van der Waals surface area contributed by atoms with Gasteiger partial charge >= 0.3 is 236 Å². The molecular formula is C32H39ClN3Pd. The molecule has 0 amide bonds. The van der Waals surface area contributed by atoms with Crippen LogP contribution in [0.15, 0.2) is 67.1 Å². The van der Waals surface area contributed by atoms with E-state index in [2.05, 4.69) is 113 Å². The molecule has 2 aromatic carbocycles. The van der Waals surface area contributed by atoms with Gasteiger partial charge < -0.3 is 0 Å². The van der Waals surface area contributed by atoms with Crippen molar-refractivity contribution in [1.82, 2.24) is 14.1 Å². The molecule has 0 aliphatic rings. The quantitative estimate of drug-likeness (QED) is 0.193. The van der Waals surface area contributed by atoms with Crippen LogP contribution >= 0.6 is 11.6 Å². The maximum absolute atomic E-state index is 6.70. The Balaban J connectivity index is 2.19. The second-order valence-electron chi connectivity index (χ2n) is 10.8. The second kappa shape index (κ2) is 11.6. The number of pyridine rings is 1. The second-order valence-corrected chi connectivity index (χ2v) is 13.0. The van der Waals surface area contributed by atoms with E-state index in [0.29, 0.717) is 23.7 Å². The molecule has 0 bridgehead atoms. The molecule has 0 unspecified atom stereocenters. The SMILES string of the molecule is CC(C)c1cccc(C(C)C)c1-n1ccn(-c2c(C(C)C)cccc2C(C)C)[c]1=[Pd][c]1ncccc1Cl. The number of para-hydroxylation sites is 2. The molecule has 2 heterocycles. The summed E-state index contributed by atoms with van der Waals surface area (Å²) in [6.45, 7) is 18.3. The average Bonchev–Trinajstić information content (AvgIpc) is 3.26. The fraction of sp³-hybridized carbons (Fsp3) is 0.375. The molecule has 0 N–H and O–H groups in total. The van der Waals surface area contributed by atoms with Crippen LogP contribution in [0.1, 0.15) is 101 Å². The van der Waals surface area contributed by atoms with Gasteiger partial charge in [-0.1, -0.05) is 0 Å². The van der Waals surface area contributed by atoms with Crippen LogP contribution in [-0.4, -0.2) is 14.1 Å². The normalized spacial score (nSPS) is 12.0. The Labute approximate surface area is 235 Å². The summed E-state index contributed by atoms with van der Waals surface area (Å²) in [6, 6.07) is 17.4. The summed E-state index contributed by atoms with van der Waals surface area (Å²) in [7, 11) is 0. The van der Waals surface area contributed by atoms with Gasteiger partial charge in [0.25, 0.3) is 0 Å². The summed E-state index contributed by atoms with van der Waals surface area (Å²) >= 11 is 6.72. The standard InChI is InChI=1S/C27H36N2.C5H3ClN.Pd/c1-18(2)22-11-9-12-23(19(3)4)26(22)28-15-16-29(17-28)27-24(20(5)6)13-10-14-25(27)21(7)8;6-5-2-1-3-7-4-5;/h9-16,18-21H,1-8H3;1-3H;. The molecule has 4 aromatic rings. The number of hydrogen-bond donors (Lipinski definition) is 0. The van der Waals surface area contributed by atoms with Crippen LogP contribution < -0.4 is 4.17 Å². The van der Waals surface area contributed by atoms with Gasteiger partial charge in [-0.3, -0.25) is 0 Å². The molecule has 2 aromatic heterocycles.